The van der Waals surface area contributed by atoms with Crippen molar-refractivity contribution in [2.24, 2.45) is 0 Å². The second kappa shape index (κ2) is 6.21. The van der Waals surface area contributed by atoms with Crippen LogP contribution in [-0.4, -0.2) is 21.8 Å². The van der Waals surface area contributed by atoms with Crippen molar-refractivity contribution in [2.75, 3.05) is 7.11 Å². The predicted molar refractivity (Wildman–Crippen MR) is 61.9 cm³/mol. The van der Waals surface area contributed by atoms with Gasteiger partial charge >= 0.3 is 11.4 Å². The molecule has 0 aliphatic heterocycles. The van der Waals surface area contributed by atoms with Crippen LogP contribution in [0, 0.1) is 0 Å². The van der Waals surface area contributed by atoms with E-state index >= 15 is 0 Å². The molecule has 1 rings (SSSR count). The van der Waals surface area contributed by atoms with Crippen molar-refractivity contribution in [2.45, 2.75) is 13.5 Å². The number of ether oxygens (including phenoxy) is 1. The van der Waals surface area contributed by atoms with Gasteiger partial charge in [0.15, 0.2) is 11.5 Å². The highest BCUT2D eigenvalue weighted by Gasteiger charge is 2.08. The van der Waals surface area contributed by atoms with Crippen molar-refractivity contribution in [3.05, 3.63) is 23.8 Å². The normalized spacial score (nSPS) is 11.7. The van der Waals surface area contributed by atoms with Gasteiger partial charge in [-0.2, -0.15) is 4.21 Å². The van der Waals surface area contributed by atoms with Gasteiger partial charge in [0.05, 0.1) is 7.11 Å². The quantitative estimate of drug-likeness (QED) is 0.766. The molecule has 1 aromatic carbocycles. The zero-order valence-corrected chi connectivity index (χ0v) is 10.2. The summed E-state index contributed by atoms with van der Waals surface area (Å²) in [5.41, 5.74) is 0.737. The fraction of sp³-hybridized carbons (Fsp3) is 0.300. The van der Waals surface area contributed by atoms with Crippen molar-refractivity contribution in [1.29, 1.82) is 0 Å². The molecule has 7 heteroatoms. The van der Waals surface area contributed by atoms with E-state index in [0.29, 0.717) is 12.3 Å². The molecule has 94 valence electrons. The summed E-state index contributed by atoms with van der Waals surface area (Å²) in [7, 11) is 1.43. The van der Waals surface area contributed by atoms with Gasteiger partial charge in [0, 0.05) is 13.5 Å². The lowest BCUT2D eigenvalue weighted by molar-refractivity contribution is -0.119. The molecule has 1 atom stereocenters. The summed E-state index contributed by atoms with van der Waals surface area (Å²) in [5.74, 6) is 0.337. The van der Waals surface area contributed by atoms with E-state index in [2.05, 4.69) is 9.50 Å². The first-order chi connectivity index (χ1) is 8.02. The molecule has 17 heavy (non-hydrogen) atoms. The Bertz CT molecular complexity index is 435. The van der Waals surface area contributed by atoms with Crippen molar-refractivity contribution >= 4 is 17.3 Å². The number of benzene rings is 1. The molecule has 0 fully saturated rings. The van der Waals surface area contributed by atoms with Crippen LogP contribution in [-0.2, 0) is 22.7 Å². The lowest BCUT2D eigenvalue weighted by atomic mass is 10.2. The Kier molecular flexibility index (Phi) is 4.92. The standard InChI is InChI=1S/C10H13NO5S/c1-7(12)11-6-8-3-4-9(15-2)10(5-8)16-17(13)14/h3-5H,6H2,1-2H3,(H,11,12)(H,13,14). The smallest absolute Gasteiger partial charge is 0.357 e. The zero-order valence-electron chi connectivity index (χ0n) is 9.43. The van der Waals surface area contributed by atoms with Crippen LogP contribution < -0.4 is 14.2 Å². The number of hydrogen-bond acceptors (Lipinski definition) is 4. The highest BCUT2D eigenvalue weighted by molar-refractivity contribution is 7.74. The van der Waals surface area contributed by atoms with E-state index in [0.717, 1.165) is 5.56 Å². The van der Waals surface area contributed by atoms with Gasteiger partial charge in [-0.3, -0.25) is 9.35 Å². The average molecular weight is 259 g/mol. The minimum Gasteiger partial charge on any atom is -0.493 e. The van der Waals surface area contributed by atoms with Crippen LogP contribution in [0.2, 0.25) is 0 Å². The lowest BCUT2D eigenvalue weighted by Crippen LogP contribution is -2.18. The van der Waals surface area contributed by atoms with Crippen LogP contribution in [0.5, 0.6) is 11.5 Å². The van der Waals surface area contributed by atoms with E-state index in [9.17, 15) is 9.00 Å². The molecule has 2 N–H and O–H groups in total. The summed E-state index contributed by atoms with van der Waals surface area (Å²) >= 11 is -2.42. The van der Waals surface area contributed by atoms with Crippen LogP contribution in [0.3, 0.4) is 0 Å². The Morgan fingerprint density at radius 2 is 2.18 bits per heavy atom. The first kappa shape index (κ1) is 13.5. The van der Waals surface area contributed by atoms with Gasteiger partial charge in [-0.05, 0) is 17.7 Å². The van der Waals surface area contributed by atoms with E-state index in [1.54, 1.807) is 12.1 Å². The molecule has 1 unspecified atom stereocenters. The molecular weight excluding hydrogens is 246 g/mol. The fourth-order valence-electron chi connectivity index (χ4n) is 1.20. The first-order valence-electron chi connectivity index (χ1n) is 4.73. The molecule has 0 radical (unpaired) electrons. The van der Waals surface area contributed by atoms with Crippen molar-refractivity contribution in [3.8, 4) is 11.5 Å². The summed E-state index contributed by atoms with van der Waals surface area (Å²) in [6.07, 6.45) is 0. The maximum absolute atomic E-state index is 10.7. The molecule has 1 amide bonds. The number of rotatable bonds is 5. The Hall–Kier alpha value is -1.60. The third-order valence-corrected chi connectivity index (χ3v) is 2.25. The van der Waals surface area contributed by atoms with E-state index < -0.39 is 11.4 Å². The second-order valence-corrected chi connectivity index (χ2v) is 3.80. The number of nitrogens with one attached hydrogen (secondary N) is 1. The van der Waals surface area contributed by atoms with E-state index in [1.165, 1.54) is 20.1 Å². The number of amides is 1. The molecule has 0 saturated heterocycles. The average Bonchev–Trinajstić information content (AvgIpc) is 2.25. The van der Waals surface area contributed by atoms with Gasteiger partial charge in [-0.15, -0.1) is 0 Å². The lowest BCUT2D eigenvalue weighted by Gasteiger charge is -2.09. The molecule has 0 saturated carbocycles. The molecule has 0 heterocycles. The van der Waals surface area contributed by atoms with Crippen molar-refractivity contribution < 1.29 is 22.5 Å². The molecule has 6 nitrogen and oxygen atoms in total. The van der Waals surface area contributed by atoms with Gasteiger partial charge in [-0.1, -0.05) is 6.07 Å². The maximum atomic E-state index is 10.7. The largest absolute Gasteiger partial charge is 0.493 e. The molecule has 0 aliphatic carbocycles. The monoisotopic (exact) mass is 259 g/mol. The maximum Gasteiger partial charge on any atom is 0.357 e. The Labute approximate surface area is 101 Å². The van der Waals surface area contributed by atoms with Crippen LogP contribution in [0.4, 0.5) is 0 Å². The van der Waals surface area contributed by atoms with Gasteiger partial charge in [0.25, 0.3) is 0 Å². The number of hydrogen-bond donors (Lipinski definition) is 2. The Balaban J connectivity index is 2.87. The number of carbonyl (C=O) groups excluding carboxylic acids is 1. The van der Waals surface area contributed by atoms with Gasteiger partial charge in [0.1, 0.15) is 0 Å². The SMILES string of the molecule is COc1ccc(CNC(C)=O)cc1OS(=O)O. The zero-order chi connectivity index (χ0) is 12.8. The fourth-order valence-corrected chi connectivity index (χ4v) is 1.48. The van der Waals surface area contributed by atoms with Crippen LogP contribution in [0.1, 0.15) is 12.5 Å². The molecule has 0 bridgehead atoms. The first-order valence-corrected chi connectivity index (χ1v) is 5.76. The Morgan fingerprint density at radius 3 is 2.71 bits per heavy atom. The predicted octanol–water partition coefficient (Wildman–Crippen LogP) is 0.847. The molecule has 0 aromatic heterocycles. The molecule has 0 spiro atoms. The van der Waals surface area contributed by atoms with Gasteiger partial charge < -0.3 is 14.2 Å². The number of methoxy groups -OCH3 is 1. The Morgan fingerprint density at radius 1 is 1.47 bits per heavy atom. The topological polar surface area (TPSA) is 84.9 Å². The third kappa shape index (κ3) is 4.41. The molecular formula is C10H13NO5S. The van der Waals surface area contributed by atoms with Gasteiger partial charge in [-0.25, -0.2) is 0 Å². The minimum absolute atomic E-state index is 0.149. The minimum atomic E-state index is -2.42. The highest BCUT2D eigenvalue weighted by Crippen LogP contribution is 2.28. The van der Waals surface area contributed by atoms with Gasteiger partial charge in [0.2, 0.25) is 5.91 Å². The molecule has 1 aromatic rings. The van der Waals surface area contributed by atoms with E-state index in [4.69, 9.17) is 9.29 Å². The summed E-state index contributed by atoms with van der Waals surface area (Å²) in [6, 6.07) is 4.85. The highest BCUT2D eigenvalue weighted by atomic mass is 32.2. The second-order valence-electron chi connectivity index (χ2n) is 3.20. The summed E-state index contributed by atoms with van der Waals surface area (Å²) < 4.78 is 28.9. The molecule has 0 aliphatic rings. The number of carbonyl (C=O) groups is 1. The van der Waals surface area contributed by atoms with Crippen molar-refractivity contribution in [3.63, 3.8) is 0 Å². The van der Waals surface area contributed by atoms with Crippen LogP contribution >= 0.6 is 0 Å². The summed E-state index contributed by atoms with van der Waals surface area (Å²) in [6.45, 7) is 1.72. The van der Waals surface area contributed by atoms with Crippen LogP contribution in [0.25, 0.3) is 0 Å². The van der Waals surface area contributed by atoms with Crippen LogP contribution in [0.15, 0.2) is 18.2 Å². The summed E-state index contributed by atoms with van der Waals surface area (Å²) in [4.78, 5) is 10.7. The third-order valence-electron chi connectivity index (χ3n) is 1.93. The summed E-state index contributed by atoms with van der Waals surface area (Å²) in [5, 5.41) is 2.61. The van der Waals surface area contributed by atoms with E-state index in [-0.39, 0.29) is 11.7 Å². The van der Waals surface area contributed by atoms with Crippen molar-refractivity contribution in [1.82, 2.24) is 5.32 Å². The van der Waals surface area contributed by atoms with E-state index in [1.807, 2.05) is 0 Å².